The maximum atomic E-state index is 12.5. The highest BCUT2D eigenvalue weighted by Gasteiger charge is 2.35. The molecule has 1 saturated heterocycles. The Morgan fingerprint density at radius 3 is 2.27 bits per heavy atom. The molecule has 11 nitrogen and oxygen atoms in total. The number of alkyl carbamates (subject to hydrolysis) is 2. The fourth-order valence-corrected chi connectivity index (χ4v) is 2.78. The van der Waals surface area contributed by atoms with Crippen molar-refractivity contribution >= 4 is 30.0 Å². The molecule has 1 aliphatic rings. The highest BCUT2D eigenvalue weighted by atomic mass is 16.7. The molecule has 0 radical (unpaired) electrons. The summed E-state index contributed by atoms with van der Waals surface area (Å²) in [5, 5.41) is 5.34. The van der Waals surface area contributed by atoms with E-state index in [0.29, 0.717) is 5.06 Å². The van der Waals surface area contributed by atoms with Gasteiger partial charge in [0.05, 0.1) is 0 Å². The number of nitrogens with zero attached hydrogens (tertiary/aromatic N) is 1. The first-order valence-electron chi connectivity index (χ1n) is 10.6. The molecule has 1 heterocycles. The third-order valence-electron chi connectivity index (χ3n) is 4.31. The molecule has 1 aromatic rings. The van der Waals surface area contributed by atoms with Gasteiger partial charge < -0.3 is 24.9 Å². The minimum absolute atomic E-state index is 0.0489. The van der Waals surface area contributed by atoms with Crippen molar-refractivity contribution in [1.82, 2.24) is 15.7 Å². The van der Waals surface area contributed by atoms with Gasteiger partial charge in [-0.2, -0.15) is 0 Å². The van der Waals surface area contributed by atoms with E-state index < -0.39 is 41.6 Å². The van der Waals surface area contributed by atoms with E-state index in [2.05, 4.69) is 10.6 Å². The van der Waals surface area contributed by atoms with Gasteiger partial charge in [-0.1, -0.05) is 30.3 Å². The number of carbonyl (C=O) groups is 5. The van der Waals surface area contributed by atoms with E-state index in [0.717, 1.165) is 5.56 Å². The lowest BCUT2D eigenvalue weighted by Crippen LogP contribution is -2.47. The van der Waals surface area contributed by atoms with Crippen LogP contribution >= 0.6 is 0 Å². The molecule has 4 amide bonds. The molecular weight excluding hydrogens is 434 g/mol. The number of hydrogen-bond acceptors (Lipinski definition) is 8. The van der Waals surface area contributed by atoms with E-state index in [1.54, 1.807) is 20.8 Å². The van der Waals surface area contributed by atoms with Crippen LogP contribution in [0, 0.1) is 0 Å². The molecule has 2 rings (SSSR count). The van der Waals surface area contributed by atoms with Crippen LogP contribution in [0.25, 0.3) is 0 Å². The number of nitrogens with one attached hydrogen (secondary N) is 2. The fourth-order valence-electron chi connectivity index (χ4n) is 2.78. The molecule has 1 aliphatic heterocycles. The number of imide groups is 1. The molecule has 0 spiro atoms. The third kappa shape index (κ3) is 9.17. The fraction of sp³-hybridized carbons (Fsp3) is 0.500. The van der Waals surface area contributed by atoms with Crippen molar-refractivity contribution in [1.29, 1.82) is 0 Å². The summed E-state index contributed by atoms with van der Waals surface area (Å²) in [5.74, 6) is -2.25. The normalized spacial score (nSPS) is 14.5. The summed E-state index contributed by atoms with van der Waals surface area (Å²) in [6.07, 6.45) is -1.29. The van der Waals surface area contributed by atoms with Crippen LogP contribution in [0.15, 0.2) is 30.3 Å². The predicted octanol–water partition coefficient (Wildman–Crippen LogP) is 2.19. The van der Waals surface area contributed by atoms with Gasteiger partial charge >= 0.3 is 18.2 Å². The van der Waals surface area contributed by atoms with Crippen molar-refractivity contribution in [2.75, 3.05) is 6.54 Å². The Hall–Kier alpha value is -3.63. The maximum Gasteiger partial charge on any atom is 0.408 e. The zero-order chi connectivity index (χ0) is 24.4. The van der Waals surface area contributed by atoms with Crippen molar-refractivity contribution in [2.45, 2.75) is 64.7 Å². The highest BCUT2D eigenvalue weighted by molar-refractivity contribution is 6.01. The van der Waals surface area contributed by atoms with Gasteiger partial charge in [0.15, 0.2) is 0 Å². The molecule has 0 unspecified atom stereocenters. The smallest absolute Gasteiger partial charge is 0.408 e. The summed E-state index contributed by atoms with van der Waals surface area (Å²) in [6.45, 7) is 5.24. The molecule has 0 saturated carbocycles. The second-order valence-electron chi connectivity index (χ2n) is 8.32. The Labute approximate surface area is 191 Å². The van der Waals surface area contributed by atoms with Crippen LogP contribution in [-0.2, 0) is 35.3 Å². The average molecular weight is 463 g/mol. The lowest BCUT2D eigenvalue weighted by molar-refractivity contribution is -0.199. The van der Waals surface area contributed by atoms with Crippen LogP contribution in [0.3, 0.4) is 0 Å². The second-order valence-corrected chi connectivity index (χ2v) is 8.32. The molecule has 33 heavy (non-hydrogen) atoms. The Bertz CT molecular complexity index is 850. The predicted molar refractivity (Wildman–Crippen MR) is 114 cm³/mol. The van der Waals surface area contributed by atoms with Gasteiger partial charge in [0.25, 0.3) is 11.8 Å². The Kier molecular flexibility index (Phi) is 9.19. The quantitative estimate of drug-likeness (QED) is 0.419. The number of hydrogen-bond donors (Lipinski definition) is 2. The van der Waals surface area contributed by atoms with Crippen LogP contribution in [0.1, 0.15) is 52.0 Å². The molecule has 2 N–H and O–H groups in total. The minimum Gasteiger partial charge on any atom is -0.445 e. The molecule has 1 aromatic carbocycles. The van der Waals surface area contributed by atoms with Crippen LogP contribution in [0.5, 0.6) is 0 Å². The number of ether oxygens (including phenoxy) is 2. The van der Waals surface area contributed by atoms with E-state index in [4.69, 9.17) is 14.3 Å². The van der Waals surface area contributed by atoms with Crippen molar-refractivity contribution in [3.05, 3.63) is 35.9 Å². The number of rotatable bonds is 9. The van der Waals surface area contributed by atoms with E-state index >= 15 is 0 Å². The molecule has 0 aromatic heterocycles. The molecule has 180 valence electrons. The van der Waals surface area contributed by atoms with Gasteiger partial charge in [-0.05, 0) is 39.2 Å². The van der Waals surface area contributed by atoms with E-state index in [9.17, 15) is 24.0 Å². The summed E-state index contributed by atoms with van der Waals surface area (Å²) in [6, 6.07) is 7.95. The van der Waals surface area contributed by atoms with Crippen molar-refractivity contribution in [2.24, 2.45) is 0 Å². The largest absolute Gasteiger partial charge is 0.445 e. The number of amides is 4. The molecule has 1 fully saturated rings. The summed E-state index contributed by atoms with van der Waals surface area (Å²) in [5.41, 5.74) is 0.0340. The van der Waals surface area contributed by atoms with Crippen LogP contribution in [0.4, 0.5) is 9.59 Å². The Balaban J connectivity index is 1.85. The zero-order valence-corrected chi connectivity index (χ0v) is 18.9. The lowest BCUT2D eigenvalue weighted by atomic mass is 10.1. The van der Waals surface area contributed by atoms with Crippen LogP contribution in [-0.4, -0.2) is 53.2 Å². The van der Waals surface area contributed by atoms with Crippen LogP contribution in [0.2, 0.25) is 0 Å². The van der Waals surface area contributed by atoms with Crippen LogP contribution < -0.4 is 10.6 Å². The Morgan fingerprint density at radius 1 is 1.03 bits per heavy atom. The number of carbonyl (C=O) groups excluding carboxylic acids is 5. The van der Waals surface area contributed by atoms with E-state index in [1.165, 1.54) is 0 Å². The first-order chi connectivity index (χ1) is 15.5. The van der Waals surface area contributed by atoms with Crippen molar-refractivity contribution in [3.63, 3.8) is 0 Å². The second kappa shape index (κ2) is 11.8. The molecule has 11 heteroatoms. The highest BCUT2D eigenvalue weighted by Crippen LogP contribution is 2.14. The summed E-state index contributed by atoms with van der Waals surface area (Å²) in [7, 11) is 0. The standard InChI is InChI=1S/C22H29N3O8/c1-22(2,3)32-21(30)24-16(19(28)33-25-17(26)11-12-18(25)27)10-7-13-23-20(29)31-14-15-8-5-4-6-9-15/h4-6,8-9,16H,7,10-14H2,1-3H3,(H,23,29)(H,24,30)/t16-/m1/s1. The van der Waals surface area contributed by atoms with Crippen molar-refractivity contribution in [3.8, 4) is 0 Å². The number of hydroxylamine groups is 2. The van der Waals surface area contributed by atoms with Gasteiger partial charge in [0.2, 0.25) is 0 Å². The lowest BCUT2D eigenvalue weighted by Gasteiger charge is -2.23. The summed E-state index contributed by atoms with van der Waals surface area (Å²) in [4.78, 5) is 64.8. The van der Waals surface area contributed by atoms with Gasteiger partial charge in [0.1, 0.15) is 18.2 Å². The van der Waals surface area contributed by atoms with Gasteiger partial charge in [-0.25, -0.2) is 14.4 Å². The van der Waals surface area contributed by atoms with Crippen molar-refractivity contribution < 1.29 is 38.3 Å². The topological polar surface area (TPSA) is 140 Å². The third-order valence-corrected chi connectivity index (χ3v) is 4.31. The van der Waals surface area contributed by atoms with Gasteiger partial charge in [-0.15, -0.1) is 5.06 Å². The summed E-state index contributed by atoms with van der Waals surface area (Å²) >= 11 is 0. The van der Waals surface area contributed by atoms with E-state index in [-0.39, 0.29) is 38.8 Å². The summed E-state index contributed by atoms with van der Waals surface area (Å²) < 4.78 is 10.3. The first-order valence-corrected chi connectivity index (χ1v) is 10.6. The molecular formula is C22H29N3O8. The Morgan fingerprint density at radius 2 is 1.67 bits per heavy atom. The van der Waals surface area contributed by atoms with Gasteiger partial charge in [-0.3, -0.25) is 9.59 Å². The molecule has 0 aliphatic carbocycles. The molecule has 0 bridgehead atoms. The maximum absolute atomic E-state index is 12.5. The average Bonchev–Trinajstić information content (AvgIpc) is 3.05. The minimum atomic E-state index is -1.21. The molecule has 1 atom stereocenters. The monoisotopic (exact) mass is 463 g/mol. The first kappa shape index (κ1) is 25.6. The zero-order valence-electron chi connectivity index (χ0n) is 18.9. The van der Waals surface area contributed by atoms with Gasteiger partial charge in [0, 0.05) is 19.4 Å². The number of benzene rings is 1. The van der Waals surface area contributed by atoms with E-state index in [1.807, 2.05) is 30.3 Å². The SMILES string of the molecule is CC(C)(C)OC(=O)N[C@H](CCCNC(=O)OCc1ccccc1)C(=O)ON1C(=O)CCC1=O.